The van der Waals surface area contributed by atoms with Gasteiger partial charge in [-0.3, -0.25) is 25.2 Å². The molecule has 1 atom stereocenters. The van der Waals surface area contributed by atoms with E-state index in [0.717, 1.165) is 17.5 Å². The summed E-state index contributed by atoms with van der Waals surface area (Å²) in [5.41, 5.74) is 6.33. The van der Waals surface area contributed by atoms with Gasteiger partial charge in [0.15, 0.2) is 0 Å². The lowest BCUT2D eigenvalue weighted by Gasteiger charge is -2.23. The number of ether oxygens (including phenoxy) is 1. The minimum absolute atomic E-state index is 0.136. The fourth-order valence-corrected chi connectivity index (χ4v) is 3.47. The third-order valence-corrected chi connectivity index (χ3v) is 5.36. The molecule has 2 aromatic carbocycles. The molecule has 0 aliphatic rings. The van der Waals surface area contributed by atoms with E-state index in [2.05, 4.69) is 21.5 Å². The maximum absolute atomic E-state index is 12.7. The highest BCUT2D eigenvalue weighted by molar-refractivity contribution is 8.14. The van der Waals surface area contributed by atoms with Crippen LogP contribution in [0.5, 0.6) is 0 Å². The molecule has 0 spiro atoms. The zero-order valence-corrected chi connectivity index (χ0v) is 21.2. The van der Waals surface area contributed by atoms with Crippen molar-refractivity contribution < 1.29 is 23.9 Å². The highest BCUT2D eigenvalue weighted by Gasteiger charge is 2.25. The summed E-state index contributed by atoms with van der Waals surface area (Å²) in [6, 6.07) is 15.6. The van der Waals surface area contributed by atoms with E-state index in [4.69, 9.17) is 4.74 Å². The van der Waals surface area contributed by atoms with Gasteiger partial charge < -0.3 is 15.4 Å². The van der Waals surface area contributed by atoms with Gasteiger partial charge in [0.1, 0.15) is 11.6 Å². The van der Waals surface area contributed by atoms with Gasteiger partial charge in [0.2, 0.25) is 5.91 Å². The van der Waals surface area contributed by atoms with Crippen molar-refractivity contribution in [2.75, 3.05) is 11.1 Å². The Kier molecular flexibility index (Phi) is 10.6. The molecule has 0 radical (unpaired) electrons. The largest absolute Gasteiger partial charge is 0.444 e. The molecule has 35 heavy (non-hydrogen) atoms. The van der Waals surface area contributed by atoms with Gasteiger partial charge in [-0.15, -0.1) is 0 Å². The summed E-state index contributed by atoms with van der Waals surface area (Å²) in [6.45, 7) is 7.13. The van der Waals surface area contributed by atoms with Gasteiger partial charge in [-0.2, -0.15) is 0 Å². The number of para-hydroxylation sites is 1. The summed E-state index contributed by atoms with van der Waals surface area (Å²) in [4.78, 5) is 49.3. The van der Waals surface area contributed by atoms with E-state index in [1.807, 2.05) is 55.5 Å². The number of hydrogen-bond donors (Lipinski definition) is 4. The van der Waals surface area contributed by atoms with Gasteiger partial charge in [0.25, 0.3) is 11.1 Å². The van der Waals surface area contributed by atoms with E-state index < -0.39 is 28.9 Å². The standard InChI is InChI=1S/C25H32N4O5S/c1-5-18-13-9-10-14-19(18)26-21(30)16-35-24(33)29-28-22(31)20(15-17-11-7-6-8-12-17)27-23(32)34-25(2,3)4/h6-14,20H,5,15-16H2,1-4H3,(H,26,30)(H,27,32)(H,28,31)(H,29,33)/t20-/m0/s1. The van der Waals surface area contributed by atoms with Crippen LogP contribution in [0.25, 0.3) is 0 Å². The summed E-state index contributed by atoms with van der Waals surface area (Å²) in [7, 11) is 0. The molecule has 10 heteroatoms. The van der Waals surface area contributed by atoms with Crippen LogP contribution in [-0.4, -0.2) is 40.5 Å². The summed E-state index contributed by atoms with van der Waals surface area (Å²) in [5.74, 6) is -1.11. The van der Waals surface area contributed by atoms with E-state index in [0.29, 0.717) is 17.4 Å². The Labute approximate surface area is 209 Å². The van der Waals surface area contributed by atoms with Crippen molar-refractivity contribution in [1.82, 2.24) is 16.2 Å². The number of aryl methyl sites for hydroxylation is 1. The molecule has 0 aromatic heterocycles. The highest BCUT2D eigenvalue weighted by Crippen LogP contribution is 2.16. The van der Waals surface area contributed by atoms with Crippen LogP contribution in [0.15, 0.2) is 54.6 Å². The Morgan fingerprint density at radius 1 is 0.943 bits per heavy atom. The number of rotatable bonds is 8. The van der Waals surface area contributed by atoms with E-state index in [-0.39, 0.29) is 18.1 Å². The summed E-state index contributed by atoms with van der Waals surface area (Å²) in [6.07, 6.45) is 0.199. The van der Waals surface area contributed by atoms with Crippen LogP contribution in [-0.2, 0) is 27.2 Å². The first-order chi connectivity index (χ1) is 16.6. The lowest BCUT2D eigenvalue weighted by atomic mass is 10.1. The van der Waals surface area contributed by atoms with Gasteiger partial charge in [0, 0.05) is 12.1 Å². The van der Waals surface area contributed by atoms with Crippen LogP contribution in [0.2, 0.25) is 0 Å². The van der Waals surface area contributed by atoms with Crippen LogP contribution in [0.4, 0.5) is 15.3 Å². The molecule has 0 bridgehead atoms. The molecule has 0 heterocycles. The number of thioether (sulfide) groups is 1. The number of nitrogens with one attached hydrogen (secondary N) is 4. The highest BCUT2D eigenvalue weighted by atomic mass is 32.2. The first kappa shape index (κ1) is 27.7. The van der Waals surface area contributed by atoms with E-state index in [1.165, 1.54) is 0 Å². The van der Waals surface area contributed by atoms with Crippen LogP contribution in [0, 0.1) is 0 Å². The minimum Gasteiger partial charge on any atom is -0.444 e. The van der Waals surface area contributed by atoms with E-state index in [1.54, 1.807) is 26.8 Å². The smallest absolute Gasteiger partial charge is 0.408 e. The number of anilines is 1. The molecule has 0 saturated carbocycles. The van der Waals surface area contributed by atoms with Crippen molar-refractivity contribution in [2.24, 2.45) is 0 Å². The van der Waals surface area contributed by atoms with Gasteiger partial charge >= 0.3 is 6.09 Å². The molecule has 0 fully saturated rings. The number of carbonyl (C=O) groups is 4. The molecule has 188 valence electrons. The molecular formula is C25H32N4O5S. The van der Waals surface area contributed by atoms with Crippen LogP contribution >= 0.6 is 11.8 Å². The average molecular weight is 501 g/mol. The number of amides is 4. The predicted octanol–water partition coefficient (Wildman–Crippen LogP) is 3.80. The molecule has 0 aliphatic heterocycles. The van der Waals surface area contributed by atoms with Crippen molar-refractivity contribution in [3.05, 3.63) is 65.7 Å². The normalized spacial score (nSPS) is 11.7. The molecule has 0 aliphatic carbocycles. The Balaban J connectivity index is 1.88. The van der Waals surface area contributed by atoms with Gasteiger partial charge in [-0.1, -0.05) is 67.2 Å². The molecular weight excluding hydrogens is 468 g/mol. The quantitative estimate of drug-likeness (QED) is 0.409. The predicted molar refractivity (Wildman–Crippen MR) is 137 cm³/mol. The summed E-state index contributed by atoms with van der Waals surface area (Å²) in [5, 5.41) is 4.70. The maximum atomic E-state index is 12.7. The van der Waals surface area contributed by atoms with Crippen molar-refractivity contribution in [1.29, 1.82) is 0 Å². The topological polar surface area (TPSA) is 126 Å². The Hall–Kier alpha value is -3.53. The third-order valence-electron chi connectivity index (χ3n) is 4.58. The zero-order chi connectivity index (χ0) is 25.8. The SMILES string of the molecule is CCc1ccccc1NC(=O)CSC(=O)NNC(=O)[C@H](Cc1ccccc1)NC(=O)OC(C)(C)C. The Bertz CT molecular complexity index is 1020. The molecule has 4 N–H and O–H groups in total. The number of hydrogen-bond acceptors (Lipinski definition) is 6. The number of benzene rings is 2. The fraction of sp³-hybridized carbons (Fsp3) is 0.360. The molecule has 2 aromatic rings. The lowest BCUT2D eigenvalue weighted by molar-refractivity contribution is -0.123. The maximum Gasteiger partial charge on any atom is 0.408 e. The monoisotopic (exact) mass is 500 g/mol. The van der Waals surface area contributed by atoms with Crippen LogP contribution in [0.3, 0.4) is 0 Å². The Morgan fingerprint density at radius 2 is 1.60 bits per heavy atom. The van der Waals surface area contributed by atoms with Gasteiger partial charge in [-0.25, -0.2) is 4.79 Å². The van der Waals surface area contributed by atoms with Gasteiger partial charge in [0.05, 0.1) is 5.75 Å². The van der Waals surface area contributed by atoms with Gasteiger partial charge in [-0.05, 0) is 44.4 Å². The van der Waals surface area contributed by atoms with E-state index >= 15 is 0 Å². The fourth-order valence-electron chi connectivity index (χ4n) is 3.01. The van der Waals surface area contributed by atoms with Crippen molar-refractivity contribution in [3.8, 4) is 0 Å². The molecule has 0 unspecified atom stereocenters. The zero-order valence-electron chi connectivity index (χ0n) is 20.3. The first-order valence-corrected chi connectivity index (χ1v) is 12.2. The molecule has 0 saturated heterocycles. The number of alkyl carbamates (subject to hydrolysis) is 1. The van der Waals surface area contributed by atoms with Crippen molar-refractivity contribution >= 4 is 40.6 Å². The molecule has 2 rings (SSSR count). The average Bonchev–Trinajstić information content (AvgIpc) is 2.80. The number of hydrazine groups is 1. The summed E-state index contributed by atoms with van der Waals surface area (Å²) >= 11 is 0.708. The van der Waals surface area contributed by atoms with Crippen LogP contribution < -0.4 is 21.5 Å². The van der Waals surface area contributed by atoms with Crippen molar-refractivity contribution in [2.45, 2.75) is 52.2 Å². The van der Waals surface area contributed by atoms with Crippen LogP contribution in [0.1, 0.15) is 38.8 Å². The third kappa shape index (κ3) is 10.5. The first-order valence-electron chi connectivity index (χ1n) is 11.2. The second-order valence-corrected chi connectivity index (χ2v) is 9.59. The second kappa shape index (κ2) is 13.4. The lowest BCUT2D eigenvalue weighted by Crippen LogP contribution is -2.53. The van der Waals surface area contributed by atoms with E-state index in [9.17, 15) is 19.2 Å². The molecule has 4 amide bonds. The summed E-state index contributed by atoms with van der Waals surface area (Å²) < 4.78 is 5.25. The second-order valence-electron chi connectivity index (χ2n) is 8.64. The van der Waals surface area contributed by atoms with Crippen molar-refractivity contribution in [3.63, 3.8) is 0 Å². The Morgan fingerprint density at radius 3 is 2.26 bits per heavy atom. The molecule has 9 nitrogen and oxygen atoms in total. The number of carbonyl (C=O) groups excluding carboxylic acids is 4. The minimum atomic E-state index is -0.994.